The molecule has 11 heteroatoms. The maximum absolute atomic E-state index is 10.2. The molecule has 0 heterocycles. The second-order valence-electron chi connectivity index (χ2n) is 6.82. The van der Waals surface area contributed by atoms with Crippen LogP contribution < -0.4 is 22.9 Å². The van der Waals surface area contributed by atoms with Crippen LogP contribution in [0.4, 0.5) is 0 Å². The van der Waals surface area contributed by atoms with Crippen molar-refractivity contribution in [2.24, 2.45) is 22.9 Å². The van der Waals surface area contributed by atoms with Gasteiger partial charge >= 0.3 is 0 Å². The molecule has 1 saturated carbocycles. The maximum Gasteiger partial charge on any atom is 0.246 e. The predicted molar refractivity (Wildman–Crippen MR) is 96.7 cm³/mol. The summed E-state index contributed by atoms with van der Waals surface area (Å²) in [6.45, 7) is 1.56. The van der Waals surface area contributed by atoms with Crippen LogP contribution in [0, 0.1) is 0 Å². The van der Waals surface area contributed by atoms with Gasteiger partial charge in [0.25, 0.3) is 0 Å². The summed E-state index contributed by atoms with van der Waals surface area (Å²) in [5.41, 5.74) is 23.4. The highest BCUT2D eigenvalue weighted by Crippen LogP contribution is 2.23. The third kappa shape index (κ3) is 7.95. The van der Waals surface area contributed by atoms with Gasteiger partial charge in [0.15, 0.2) is 0 Å². The second-order valence-corrected chi connectivity index (χ2v) is 6.82. The van der Waals surface area contributed by atoms with Gasteiger partial charge in [0.1, 0.15) is 11.9 Å². The first-order valence-corrected chi connectivity index (χ1v) is 9.07. The van der Waals surface area contributed by atoms with Crippen LogP contribution >= 0.6 is 0 Å². The van der Waals surface area contributed by atoms with Crippen molar-refractivity contribution in [1.82, 2.24) is 0 Å². The van der Waals surface area contributed by atoms with E-state index in [2.05, 4.69) is 0 Å². The molecule has 160 valence electrons. The van der Waals surface area contributed by atoms with Crippen molar-refractivity contribution in [1.29, 1.82) is 0 Å². The minimum Gasteiger partial charge on any atom is -0.507 e. The van der Waals surface area contributed by atoms with Gasteiger partial charge in [-0.25, -0.2) is 0 Å². The van der Waals surface area contributed by atoms with E-state index < -0.39 is 48.7 Å². The average molecular weight is 394 g/mol. The third-order valence-electron chi connectivity index (χ3n) is 4.37. The van der Waals surface area contributed by atoms with Crippen LogP contribution in [0.1, 0.15) is 32.6 Å². The van der Waals surface area contributed by atoms with Crippen LogP contribution in [0.15, 0.2) is 11.8 Å². The molecule has 27 heavy (non-hydrogen) atoms. The Morgan fingerprint density at radius 2 is 1.89 bits per heavy atom. The van der Waals surface area contributed by atoms with E-state index in [9.17, 15) is 15.3 Å². The summed E-state index contributed by atoms with van der Waals surface area (Å²) >= 11 is 0. The highest BCUT2D eigenvalue weighted by Gasteiger charge is 2.38. The van der Waals surface area contributed by atoms with Crippen LogP contribution in [-0.4, -0.2) is 76.0 Å². The Morgan fingerprint density at radius 3 is 2.44 bits per heavy atom. The highest BCUT2D eigenvalue weighted by molar-refractivity contribution is 4.99. The molecule has 11 nitrogen and oxygen atoms in total. The van der Waals surface area contributed by atoms with Crippen molar-refractivity contribution in [2.75, 3.05) is 6.61 Å². The zero-order valence-electron chi connectivity index (χ0n) is 15.6. The molecule has 1 aliphatic rings. The second kappa shape index (κ2) is 11.9. The Kier molecular flexibility index (Phi) is 10.6. The topological polar surface area (TPSA) is 213 Å². The Labute approximate surface area is 158 Å². The summed E-state index contributed by atoms with van der Waals surface area (Å²) in [5, 5.41) is 38.8. The van der Waals surface area contributed by atoms with E-state index in [1.807, 2.05) is 0 Å². The summed E-state index contributed by atoms with van der Waals surface area (Å²) in [4.78, 5) is 9.79. The Morgan fingerprint density at radius 1 is 1.22 bits per heavy atom. The molecule has 12 N–H and O–H groups in total. The fraction of sp³-hybridized carbons (Fsp3) is 0.875. The summed E-state index contributed by atoms with van der Waals surface area (Å²) in [7, 11) is 0. The lowest BCUT2D eigenvalue weighted by Crippen LogP contribution is -2.57. The molecule has 0 aromatic carbocycles. The summed E-state index contributed by atoms with van der Waals surface area (Å²) in [5.74, 6) is -0.529. The standard InChI is InChI=1S/C16H34N4O7/c1-2-8(17)6-13(23)15(24)26-27-16(10(19)3-4-21)25-14-11(20)5-9(18)7-12(14)22/h6,8-12,14-16,21-24H,2-5,7,17-20H2,1H3/b13-6+/t8-,9-,10?,11?,12?,14-,15-,16+/m1/s1. The number of ether oxygens (including phenoxy) is 1. The van der Waals surface area contributed by atoms with E-state index in [0.717, 1.165) is 0 Å². The largest absolute Gasteiger partial charge is 0.507 e. The first kappa shape index (κ1) is 24.2. The minimum atomic E-state index is -1.81. The molecule has 0 radical (unpaired) electrons. The molecule has 0 saturated heterocycles. The van der Waals surface area contributed by atoms with Gasteiger partial charge in [-0.05, 0) is 31.8 Å². The summed E-state index contributed by atoms with van der Waals surface area (Å²) < 4.78 is 5.66. The van der Waals surface area contributed by atoms with E-state index in [1.54, 1.807) is 6.92 Å². The lowest BCUT2D eigenvalue weighted by Gasteiger charge is -2.38. The van der Waals surface area contributed by atoms with Gasteiger partial charge in [-0.15, -0.1) is 0 Å². The van der Waals surface area contributed by atoms with Gasteiger partial charge in [0.2, 0.25) is 12.6 Å². The first-order valence-electron chi connectivity index (χ1n) is 9.07. The van der Waals surface area contributed by atoms with Crippen molar-refractivity contribution in [2.45, 2.75) is 81.6 Å². The van der Waals surface area contributed by atoms with Crippen molar-refractivity contribution in [3.05, 3.63) is 11.8 Å². The predicted octanol–water partition coefficient (Wildman–Crippen LogP) is -2.34. The Hall–Kier alpha value is -0.860. The van der Waals surface area contributed by atoms with Crippen LogP contribution in [0.25, 0.3) is 0 Å². The number of aliphatic hydroxyl groups excluding tert-OH is 4. The molecule has 1 rings (SSSR count). The smallest absolute Gasteiger partial charge is 0.246 e. The van der Waals surface area contributed by atoms with Crippen LogP contribution in [0.5, 0.6) is 0 Å². The van der Waals surface area contributed by atoms with Gasteiger partial charge in [-0.2, -0.15) is 9.78 Å². The Bertz CT molecular complexity index is 444. The summed E-state index contributed by atoms with van der Waals surface area (Å²) in [6, 6.07) is -2.12. The average Bonchev–Trinajstić information content (AvgIpc) is 2.59. The van der Waals surface area contributed by atoms with Crippen molar-refractivity contribution in [3.8, 4) is 0 Å². The zero-order chi connectivity index (χ0) is 20.6. The van der Waals surface area contributed by atoms with Crippen molar-refractivity contribution < 1.29 is 34.9 Å². The SMILES string of the molecule is CC[C@@H](N)/C=C(/O)[C@H](O)OO[C@H](O[C@@H]1C(N)C[C@@H](N)CC1O)C(N)CCO. The zero-order valence-corrected chi connectivity index (χ0v) is 15.6. The fourth-order valence-electron chi connectivity index (χ4n) is 2.71. The van der Waals surface area contributed by atoms with E-state index in [1.165, 1.54) is 6.08 Å². The van der Waals surface area contributed by atoms with Gasteiger partial charge in [0, 0.05) is 24.7 Å². The lowest BCUT2D eigenvalue weighted by atomic mass is 9.87. The molecule has 0 aliphatic heterocycles. The van der Waals surface area contributed by atoms with Crippen molar-refractivity contribution >= 4 is 0 Å². The monoisotopic (exact) mass is 394 g/mol. The Balaban J connectivity index is 2.73. The molecule has 1 aliphatic carbocycles. The molecule has 3 unspecified atom stereocenters. The molecule has 0 spiro atoms. The van der Waals surface area contributed by atoms with E-state index >= 15 is 0 Å². The molecule has 0 bridgehead atoms. The number of hydrogen-bond donors (Lipinski definition) is 8. The molecule has 8 atom stereocenters. The third-order valence-corrected chi connectivity index (χ3v) is 4.37. The number of rotatable bonds is 11. The normalized spacial score (nSPS) is 31.3. The number of aliphatic hydroxyl groups is 4. The lowest BCUT2D eigenvalue weighted by molar-refractivity contribution is -0.435. The van der Waals surface area contributed by atoms with Crippen molar-refractivity contribution in [3.63, 3.8) is 0 Å². The highest BCUT2D eigenvalue weighted by atomic mass is 17.2. The minimum absolute atomic E-state index is 0.101. The van der Waals surface area contributed by atoms with Gasteiger partial charge in [-0.1, -0.05) is 6.92 Å². The van der Waals surface area contributed by atoms with E-state index in [0.29, 0.717) is 19.3 Å². The van der Waals surface area contributed by atoms with E-state index in [4.69, 9.17) is 42.6 Å². The fourth-order valence-corrected chi connectivity index (χ4v) is 2.71. The molecule has 0 aromatic rings. The van der Waals surface area contributed by atoms with Gasteiger partial charge < -0.3 is 48.1 Å². The maximum atomic E-state index is 10.2. The molecular weight excluding hydrogens is 360 g/mol. The quantitative estimate of drug-likeness (QED) is 0.0804. The molecular formula is C16H34N4O7. The van der Waals surface area contributed by atoms with Crippen LogP contribution in [0.2, 0.25) is 0 Å². The van der Waals surface area contributed by atoms with Gasteiger partial charge in [0.05, 0.1) is 12.1 Å². The molecule has 0 amide bonds. The van der Waals surface area contributed by atoms with Crippen LogP contribution in [-0.2, 0) is 14.5 Å². The molecule has 1 fully saturated rings. The van der Waals surface area contributed by atoms with Crippen LogP contribution in [0.3, 0.4) is 0 Å². The number of nitrogens with two attached hydrogens (primary N) is 4. The first-order chi connectivity index (χ1) is 12.7. The molecule has 0 aromatic heterocycles. The van der Waals surface area contributed by atoms with E-state index in [-0.39, 0.29) is 19.1 Å². The van der Waals surface area contributed by atoms with Gasteiger partial charge in [-0.3, -0.25) is 0 Å². The number of hydrogen-bond acceptors (Lipinski definition) is 11. The summed E-state index contributed by atoms with van der Waals surface area (Å²) in [6.07, 6.45) is -2.23.